The normalized spacial score (nSPS) is 19.7. The number of aliphatic hydroxyl groups excluding tert-OH is 1. The lowest BCUT2D eigenvalue weighted by molar-refractivity contribution is -0.149. The van der Waals surface area contributed by atoms with Gasteiger partial charge < -0.3 is 45.4 Å². The summed E-state index contributed by atoms with van der Waals surface area (Å²) in [5.74, 6) is -3.93. The molecule has 1 aliphatic rings. The highest BCUT2D eigenvalue weighted by atomic mass is 16.5. The lowest BCUT2D eigenvalue weighted by Crippen LogP contribution is -2.59. The fourth-order valence-electron chi connectivity index (χ4n) is 7.45. The molecule has 14 heteroatoms. The number of benzene rings is 1. The molecule has 1 aliphatic heterocycles. The van der Waals surface area contributed by atoms with Crippen molar-refractivity contribution in [2.45, 2.75) is 123 Å². The minimum absolute atomic E-state index is 0.0103. The number of methoxy groups -OCH3 is 2. The van der Waals surface area contributed by atoms with Crippen LogP contribution in [0.5, 0.6) is 0 Å². The number of amides is 4. The summed E-state index contributed by atoms with van der Waals surface area (Å²) in [6.07, 6.45) is -1.07. The molecule has 5 N–H and O–H groups in total. The molecule has 1 heterocycles. The molecule has 0 aromatic heterocycles. The number of aliphatic hydroxyl groups is 1. The van der Waals surface area contributed by atoms with Crippen LogP contribution in [0, 0.1) is 23.7 Å². The van der Waals surface area contributed by atoms with Gasteiger partial charge in [0.25, 0.3) is 0 Å². The van der Waals surface area contributed by atoms with Crippen molar-refractivity contribution < 1.29 is 43.7 Å². The van der Waals surface area contributed by atoms with Crippen LogP contribution >= 0.6 is 0 Å². The quantitative estimate of drug-likeness (QED) is 0.125. The van der Waals surface area contributed by atoms with Crippen molar-refractivity contribution in [2.24, 2.45) is 23.7 Å². The molecule has 0 spiro atoms. The van der Waals surface area contributed by atoms with Crippen molar-refractivity contribution in [3.8, 4) is 0 Å². The number of likely N-dealkylation sites (tertiary alicyclic amines) is 1. The number of aliphatic carboxylic acids is 1. The highest BCUT2D eigenvalue weighted by Crippen LogP contribution is 2.30. The number of hydrogen-bond donors (Lipinski definition) is 5. The van der Waals surface area contributed by atoms with E-state index in [0.29, 0.717) is 31.4 Å². The summed E-state index contributed by atoms with van der Waals surface area (Å²) in [6, 6.07) is 4.37. The molecule has 1 saturated heterocycles. The molecule has 0 radical (unpaired) electrons. The molecule has 2 rings (SSSR count). The fourth-order valence-corrected chi connectivity index (χ4v) is 7.45. The van der Waals surface area contributed by atoms with E-state index in [9.17, 15) is 34.2 Å². The van der Waals surface area contributed by atoms with Crippen LogP contribution in [0.3, 0.4) is 0 Å². The first-order valence-electron chi connectivity index (χ1n) is 18.8. The Morgan fingerprint density at radius 1 is 0.906 bits per heavy atom. The summed E-state index contributed by atoms with van der Waals surface area (Å²) in [5.41, 5.74) is 0.345. The molecule has 10 atom stereocenters. The Hall–Kier alpha value is -3.59. The minimum Gasteiger partial charge on any atom is -0.480 e. The molecule has 0 aliphatic carbocycles. The zero-order chi connectivity index (χ0) is 40.2. The number of nitrogens with one attached hydrogen (secondary N) is 3. The number of carbonyl (C=O) groups is 5. The van der Waals surface area contributed by atoms with Gasteiger partial charge in [-0.15, -0.1) is 0 Å². The van der Waals surface area contributed by atoms with Crippen LogP contribution in [-0.4, -0.2) is 127 Å². The number of hydrogen-bond acceptors (Lipinski definition) is 9. The van der Waals surface area contributed by atoms with Crippen LogP contribution in [0.25, 0.3) is 0 Å². The first-order valence-corrected chi connectivity index (χ1v) is 18.8. The van der Waals surface area contributed by atoms with Gasteiger partial charge in [0.05, 0.1) is 42.7 Å². The molecule has 1 aromatic carbocycles. The maximum Gasteiger partial charge on any atom is 0.329 e. The van der Waals surface area contributed by atoms with E-state index in [2.05, 4.69) is 16.0 Å². The second-order valence-electron chi connectivity index (χ2n) is 15.0. The van der Waals surface area contributed by atoms with Crippen molar-refractivity contribution in [3.63, 3.8) is 0 Å². The first kappa shape index (κ1) is 45.6. The number of carboxylic acids is 1. The van der Waals surface area contributed by atoms with Crippen LogP contribution < -0.4 is 16.0 Å². The van der Waals surface area contributed by atoms with Gasteiger partial charge >= 0.3 is 5.97 Å². The second kappa shape index (κ2) is 21.3. The number of carbonyl (C=O) groups excluding carboxylic acids is 4. The van der Waals surface area contributed by atoms with Crippen molar-refractivity contribution in [1.82, 2.24) is 25.8 Å². The summed E-state index contributed by atoms with van der Waals surface area (Å²) >= 11 is 0. The average molecular weight is 748 g/mol. The van der Waals surface area contributed by atoms with Gasteiger partial charge in [-0.1, -0.05) is 85.2 Å². The number of ether oxygens (including phenoxy) is 2. The smallest absolute Gasteiger partial charge is 0.329 e. The lowest BCUT2D eigenvalue weighted by Gasteiger charge is -2.41. The Morgan fingerprint density at radius 3 is 1.98 bits per heavy atom. The Balaban J connectivity index is 2.28. The van der Waals surface area contributed by atoms with E-state index >= 15 is 0 Å². The standard InChI is InChI=1S/C39H65N5O9/c1-12-24(6)33(43(9)38(49)31(23(4)5)41-37(48)30(40-8)22(2)3)28(52-10)21-29(45)44-20-16-19-27(44)35(53-11)25(7)36(47)42-32(39(50)51)34(46)26-17-14-13-15-18-26/h13-15,17-18,22-25,27-28,30-35,40,46H,12,16,19-21H2,1-11H3,(H,41,48)(H,42,47)(H,50,51)/t24-,25+,27-,28+,30-,31-,32-,33-,34-,35+/m0/s1. The largest absolute Gasteiger partial charge is 0.480 e. The monoisotopic (exact) mass is 747 g/mol. The summed E-state index contributed by atoms with van der Waals surface area (Å²) in [5, 5.41) is 29.1. The van der Waals surface area contributed by atoms with E-state index in [1.54, 1.807) is 61.2 Å². The summed E-state index contributed by atoms with van der Waals surface area (Å²) in [6.45, 7) is 13.7. The van der Waals surface area contributed by atoms with Gasteiger partial charge in [-0.2, -0.15) is 0 Å². The fraction of sp³-hybridized carbons (Fsp3) is 0.718. The highest BCUT2D eigenvalue weighted by Gasteiger charge is 2.44. The predicted molar refractivity (Wildman–Crippen MR) is 202 cm³/mol. The van der Waals surface area contributed by atoms with Gasteiger partial charge in [0, 0.05) is 27.8 Å². The van der Waals surface area contributed by atoms with E-state index in [0.717, 1.165) is 0 Å². The summed E-state index contributed by atoms with van der Waals surface area (Å²) in [7, 11) is 6.37. The van der Waals surface area contributed by atoms with Crippen molar-refractivity contribution in [3.05, 3.63) is 35.9 Å². The van der Waals surface area contributed by atoms with E-state index in [1.807, 2.05) is 41.5 Å². The third kappa shape index (κ3) is 11.7. The van der Waals surface area contributed by atoms with Crippen molar-refractivity contribution in [1.29, 1.82) is 0 Å². The topological polar surface area (TPSA) is 187 Å². The van der Waals surface area contributed by atoms with E-state index in [-0.39, 0.29) is 41.9 Å². The van der Waals surface area contributed by atoms with Gasteiger partial charge in [-0.05, 0) is 43.2 Å². The zero-order valence-corrected chi connectivity index (χ0v) is 33.5. The molecule has 1 aromatic rings. The summed E-state index contributed by atoms with van der Waals surface area (Å²) in [4.78, 5) is 70.3. The molecule has 300 valence electrons. The minimum atomic E-state index is -1.60. The Labute approximate surface area is 315 Å². The van der Waals surface area contributed by atoms with Gasteiger partial charge in [0.2, 0.25) is 23.6 Å². The third-order valence-electron chi connectivity index (χ3n) is 10.8. The molecule has 53 heavy (non-hydrogen) atoms. The third-order valence-corrected chi connectivity index (χ3v) is 10.8. The Morgan fingerprint density at radius 2 is 1.49 bits per heavy atom. The number of likely N-dealkylation sites (N-methyl/N-ethyl adjacent to an activating group) is 2. The number of nitrogens with zero attached hydrogens (tertiary/aromatic N) is 2. The molecule has 0 saturated carbocycles. The molecule has 14 nitrogen and oxygen atoms in total. The van der Waals surface area contributed by atoms with Gasteiger partial charge in [-0.25, -0.2) is 4.79 Å². The maximum absolute atomic E-state index is 14.1. The average Bonchev–Trinajstić information content (AvgIpc) is 3.61. The zero-order valence-electron chi connectivity index (χ0n) is 33.5. The van der Waals surface area contributed by atoms with Crippen molar-refractivity contribution >= 4 is 29.6 Å². The molecule has 0 unspecified atom stereocenters. The molecular weight excluding hydrogens is 682 g/mol. The van der Waals surface area contributed by atoms with Crippen LogP contribution in [0.15, 0.2) is 30.3 Å². The SMILES string of the molecule is CC[C@H](C)[C@@H]([C@@H](CC(=O)N1CCC[C@H]1[C@H](OC)[C@@H](C)C(=O)N[C@H](C(=O)O)[C@@H](O)c1ccccc1)OC)N(C)C(=O)[C@@H](NC(=O)[C@@H](NC)C(C)C)C(C)C. The van der Waals surface area contributed by atoms with E-state index in [1.165, 1.54) is 14.2 Å². The van der Waals surface area contributed by atoms with Crippen LogP contribution in [-0.2, 0) is 33.4 Å². The van der Waals surface area contributed by atoms with Gasteiger partial charge in [0.15, 0.2) is 6.04 Å². The molecule has 0 bridgehead atoms. The van der Waals surface area contributed by atoms with Gasteiger partial charge in [0.1, 0.15) is 12.1 Å². The maximum atomic E-state index is 14.1. The number of rotatable bonds is 21. The number of carboxylic acid groups (broad SMARTS) is 1. The highest BCUT2D eigenvalue weighted by molar-refractivity contribution is 5.90. The second-order valence-corrected chi connectivity index (χ2v) is 15.0. The van der Waals surface area contributed by atoms with Crippen LogP contribution in [0.4, 0.5) is 0 Å². The molecule has 1 fully saturated rings. The lowest BCUT2D eigenvalue weighted by atomic mass is 9.89. The van der Waals surface area contributed by atoms with Crippen LogP contribution in [0.2, 0.25) is 0 Å². The molecule has 4 amide bonds. The first-order chi connectivity index (χ1) is 25.0. The van der Waals surface area contributed by atoms with E-state index < -0.39 is 66.3 Å². The summed E-state index contributed by atoms with van der Waals surface area (Å²) < 4.78 is 11.8. The van der Waals surface area contributed by atoms with Crippen molar-refractivity contribution in [2.75, 3.05) is 34.9 Å². The molecular formula is C39H65N5O9. The Bertz CT molecular complexity index is 1350. The van der Waals surface area contributed by atoms with E-state index in [4.69, 9.17) is 9.47 Å². The predicted octanol–water partition coefficient (Wildman–Crippen LogP) is 2.59. The Kier molecular flexibility index (Phi) is 18.3. The van der Waals surface area contributed by atoms with Crippen LogP contribution in [0.1, 0.15) is 85.8 Å². The van der Waals surface area contributed by atoms with Gasteiger partial charge in [-0.3, -0.25) is 19.2 Å².